The van der Waals surface area contributed by atoms with Gasteiger partial charge in [-0.15, -0.1) is 12.4 Å². The number of methoxy groups -OCH3 is 2. The smallest absolute Gasteiger partial charge is 0.166 e. The van der Waals surface area contributed by atoms with Gasteiger partial charge in [0.15, 0.2) is 16.7 Å². The van der Waals surface area contributed by atoms with E-state index in [-0.39, 0.29) is 12.4 Å². The molecule has 0 amide bonds. The van der Waals surface area contributed by atoms with Crippen LogP contribution >= 0.6 is 24.2 Å². The second-order valence-corrected chi connectivity index (χ2v) is 6.12. The second kappa shape index (κ2) is 7.24. The number of rotatable bonds is 4. The lowest BCUT2D eigenvalue weighted by atomic mass is 10.2. The van der Waals surface area contributed by atoms with Crippen molar-refractivity contribution in [2.75, 3.05) is 27.3 Å². The van der Waals surface area contributed by atoms with Crippen LogP contribution in [-0.2, 0) is 0 Å². The molecule has 0 atom stereocenters. The maximum absolute atomic E-state index is 5.32. The van der Waals surface area contributed by atoms with E-state index >= 15 is 0 Å². The lowest BCUT2D eigenvalue weighted by molar-refractivity contribution is 0.356. The van der Waals surface area contributed by atoms with Crippen molar-refractivity contribution in [2.24, 2.45) is 0 Å². The number of halogens is 1. The zero-order chi connectivity index (χ0) is 13.9. The highest BCUT2D eigenvalue weighted by Gasteiger charge is 2.17. The standard InChI is InChI=1S/C14H19N3O2S.ClH/c1-18-12-7-10-11(8-13(12)19-2)17-14(16-10)20-9-3-5-15-6-4-9;/h7-9,15H,3-6H2,1-2H3,(H,16,17);1H. The Morgan fingerprint density at radius 1 is 1.14 bits per heavy atom. The zero-order valence-electron chi connectivity index (χ0n) is 12.1. The summed E-state index contributed by atoms with van der Waals surface area (Å²) in [5, 5.41) is 4.99. The molecule has 2 aromatic rings. The first-order valence-corrected chi connectivity index (χ1v) is 7.67. The number of imidazole rings is 1. The topological polar surface area (TPSA) is 59.2 Å². The minimum absolute atomic E-state index is 0. The van der Waals surface area contributed by atoms with Gasteiger partial charge < -0.3 is 19.8 Å². The average molecular weight is 330 g/mol. The van der Waals surface area contributed by atoms with Crippen LogP contribution in [0.1, 0.15) is 12.8 Å². The van der Waals surface area contributed by atoms with Gasteiger partial charge in [0.25, 0.3) is 0 Å². The zero-order valence-corrected chi connectivity index (χ0v) is 13.8. The fraction of sp³-hybridized carbons (Fsp3) is 0.500. The Hall–Kier alpha value is -1.11. The molecule has 116 valence electrons. The molecule has 1 fully saturated rings. The molecule has 1 aliphatic heterocycles. The Bertz CT molecular complexity index is 558. The van der Waals surface area contributed by atoms with Gasteiger partial charge in [-0.25, -0.2) is 4.98 Å². The van der Waals surface area contributed by atoms with E-state index in [9.17, 15) is 0 Å². The average Bonchev–Trinajstić information content (AvgIpc) is 2.87. The van der Waals surface area contributed by atoms with E-state index in [2.05, 4.69) is 15.3 Å². The fourth-order valence-electron chi connectivity index (χ4n) is 2.44. The molecular weight excluding hydrogens is 310 g/mol. The molecule has 0 bridgehead atoms. The maximum Gasteiger partial charge on any atom is 0.166 e. The number of aromatic amines is 1. The molecule has 1 aromatic heterocycles. The summed E-state index contributed by atoms with van der Waals surface area (Å²) in [6.07, 6.45) is 2.38. The molecule has 0 radical (unpaired) electrons. The van der Waals surface area contributed by atoms with E-state index in [1.165, 1.54) is 12.8 Å². The molecular formula is C14H20ClN3O2S. The third-order valence-corrected chi connectivity index (χ3v) is 4.75. The van der Waals surface area contributed by atoms with Crippen molar-refractivity contribution in [1.82, 2.24) is 15.3 Å². The number of nitrogens with one attached hydrogen (secondary N) is 2. The SMILES string of the molecule is COc1cc2nc(SC3CCNCC3)[nH]c2cc1OC.Cl. The highest BCUT2D eigenvalue weighted by Crippen LogP contribution is 2.34. The van der Waals surface area contributed by atoms with Crippen molar-refractivity contribution in [3.05, 3.63) is 12.1 Å². The minimum atomic E-state index is 0. The van der Waals surface area contributed by atoms with Gasteiger partial charge in [0, 0.05) is 17.4 Å². The van der Waals surface area contributed by atoms with Crippen LogP contribution in [0.15, 0.2) is 17.3 Å². The molecule has 1 saturated heterocycles. The van der Waals surface area contributed by atoms with E-state index in [0.29, 0.717) is 11.0 Å². The third kappa shape index (κ3) is 3.56. The van der Waals surface area contributed by atoms with E-state index < -0.39 is 0 Å². The van der Waals surface area contributed by atoms with Gasteiger partial charge >= 0.3 is 0 Å². The highest BCUT2D eigenvalue weighted by atomic mass is 35.5. The summed E-state index contributed by atoms with van der Waals surface area (Å²) in [7, 11) is 3.28. The van der Waals surface area contributed by atoms with Gasteiger partial charge in [-0.1, -0.05) is 11.8 Å². The number of benzene rings is 1. The first-order valence-electron chi connectivity index (χ1n) is 6.79. The highest BCUT2D eigenvalue weighted by molar-refractivity contribution is 7.99. The molecule has 21 heavy (non-hydrogen) atoms. The Kier molecular flexibility index (Phi) is 5.61. The first-order chi connectivity index (χ1) is 9.80. The monoisotopic (exact) mass is 329 g/mol. The van der Waals surface area contributed by atoms with Crippen molar-refractivity contribution < 1.29 is 9.47 Å². The van der Waals surface area contributed by atoms with Crippen molar-refractivity contribution >= 4 is 35.2 Å². The van der Waals surface area contributed by atoms with Crippen molar-refractivity contribution in [3.63, 3.8) is 0 Å². The normalized spacial score (nSPS) is 15.7. The summed E-state index contributed by atoms with van der Waals surface area (Å²) in [6.45, 7) is 2.19. The predicted molar refractivity (Wildman–Crippen MR) is 88.2 cm³/mol. The van der Waals surface area contributed by atoms with Gasteiger partial charge in [0.05, 0.1) is 25.3 Å². The van der Waals surface area contributed by atoms with Crippen LogP contribution in [0.4, 0.5) is 0 Å². The molecule has 5 nitrogen and oxygen atoms in total. The van der Waals surface area contributed by atoms with E-state index in [4.69, 9.17) is 9.47 Å². The molecule has 1 aliphatic rings. The molecule has 0 unspecified atom stereocenters. The summed E-state index contributed by atoms with van der Waals surface area (Å²) in [5.74, 6) is 1.44. The maximum atomic E-state index is 5.32. The van der Waals surface area contributed by atoms with Gasteiger partial charge in [-0.2, -0.15) is 0 Å². The Balaban J connectivity index is 0.00000161. The number of hydrogen-bond acceptors (Lipinski definition) is 5. The van der Waals surface area contributed by atoms with E-state index in [0.717, 1.165) is 35.0 Å². The summed E-state index contributed by atoms with van der Waals surface area (Å²) in [4.78, 5) is 8.01. The molecule has 2 N–H and O–H groups in total. The van der Waals surface area contributed by atoms with Crippen LogP contribution in [0.3, 0.4) is 0 Å². The predicted octanol–water partition coefficient (Wildman–Crippen LogP) is 2.85. The molecule has 1 aromatic carbocycles. The number of piperidine rings is 1. The van der Waals surface area contributed by atoms with Gasteiger partial charge in [0.1, 0.15) is 0 Å². The molecule has 0 saturated carbocycles. The summed E-state index contributed by atoms with van der Waals surface area (Å²) < 4.78 is 10.6. The molecule has 0 aliphatic carbocycles. The van der Waals surface area contributed by atoms with Crippen LogP contribution in [0, 0.1) is 0 Å². The summed E-state index contributed by atoms with van der Waals surface area (Å²) in [5.41, 5.74) is 1.90. The molecule has 7 heteroatoms. The number of aromatic nitrogens is 2. The number of nitrogens with zero attached hydrogens (tertiary/aromatic N) is 1. The quantitative estimate of drug-likeness (QED) is 0.903. The van der Waals surface area contributed by atoms with Crippen LogP contribution < -0.4 is 14.8 Å². The number of hydrogen-bond donors (Lipinski definition) is 2. The summed E-state index contributed by atoms with van der Waals surface area (Å²) >= 11 is 1.83. The van der Waals surface area contributed by atoms with Gasteiger partial charge in [0.2, 0.25) is 0 Å². The Labute approximate surface area is 134 Å². The fourth-order valence-corrected chi connectivity index (χ4v) is 3.55. The van der Waals surface area contributed by atoms with Crippen molar-refractivity contribution in [2.45, 2.75) is 23.2 Å². The molecule has 0 spiro atoms. The van der Waals surface area contributed by atoms with Crippen LogP contribution in [-0.4, -0.2) is 42.5 Å². The minimum Gasteiger partial charge on any atom is -0.493 e. The summed E-state index contributed by atoms with van der Waals surface area (Å²) in [6, 6.07) is 3.85. The Morgan fingerprint density at radius 3 is 2.48 bits per heavy atom. The van der Waals surface area contributed by atoms with Crippen LogP contribution in [0.25, 0.3) is 11.0 Å². The van der Waals surface area contributed by atoms with Crippen LogP contribution in [0.5, 0.6) is 11.5 Å². The van der Waals surface area contributed by atoms with Gasteiger partial charge in [-0.05, 0) is 25.9 Å². The number of H-pyrrole nitrogens is 1. The second-order valence-electron chi connectivity index (χ2n) is 4.83. The first kappa shape index (κ1) is 16.3. The number of ether oxygens (including phenoxy) is 2. The van der Waals surface area contributed by atoms with Crippen molar-refractivity contribution in [1.29, 1.82) is 0 Å². The van der Waals surface area contributed by atoms with Crippen molar-refractivity contribution in [3.8, 4) is 11.5 Å². The number of thioether (sulfide) groups is 1. The Morgan fingerprint density at radius 2 is 1.81 bits per heavy atom. The lowest BCUT2D eigenvalue weighted by Crippen LogP contribution is -2.29. The largest absolute Gasteiger partial charge is 0.493 e. The molecule has 3 rings (SSSR count). The van der Waals surface area contributed by atoms with Crippen LogP contribution in [0.2, 0.25) is 0 Å². The number of fused-ring (bicyclic) bond motifs is 1. The lowest BCUT2D eigenvalue weighted by Gasteiger charge is -2.20. The van der Waals surface area contributed by atoms with Gasteiger partial charge in [-0.3, -0.25) is 0 Å². The van der Waals surface area contributed by atoms with E-state index in [1.54, 1.807) is 14.2 Å². The van der Waals surface area contributed by atoms with E-state index in [1.807, 2.05) is 23.9 Å². The third-order valence-electron chi connectivity index (χ3n) is 3.53. The molecule has 2 heterocycles.